The predicted octanol–water partition coefficient (Wildman–Crippen LogP) is 2.63. The number of aromatic nitrogens is 2. The van der Waals surface area contributed by atoms with E-state index in [0.29, 0.717) is 6.42 Å². The molecule has 2 heterocycles. The zero-order valence-electron chi connectivity index (χ0n) is 10.5. The van der Waals surface area contributed by atoms with Gasteiger partial charge < -0.3 is 5.11 Å². The minimum Gasteiger partial charge on any atom is -0.387 e. The molecule has 0 fully saturated rings. The van der Waals surface area contributed by atoms with Crippen LogP contribution in [-0.4, -0.2) is 14.9 Å². The van der Waals surface area contributed by atoms with Crippen LogP contribution in [0.2, 0.25) is 0 Å². The summed E-state index contributed by atoms with van der Waals surface area (Å²) in [5.41, 5.74) is 2.16. The topological polar surface area (TPSA) is 38.0 Å². The van der Waals surface area contributed by atoms with Gasteiger partial charge in [0.15, 0.2) is 0 Å². The van der Waals surface area contributed by atoms with E-state index in [2.05, 4.69) is 25.0 Å². The molecule has 0 aliphatic carbocycles. The van der Waals surface area contributed by atoms with Crippen molar-refractivity contribution in [3.8, 4) is 0 Å². The van der Waals surface area contributed by atoms with Gasteiger partial charge >= 0.3 is 0 Å². The summed E-state index contributed by atoms with van der Waals surface area (Å²) in [5, 5.41) is 14.6. The number of thiophene rings is 1. The average molecular weight is 250 g/mol. The summed E-state index contributed by atoms with van der Waals surface area (Å²) in [4.78, 5) is 2.26. The highest BCUT2D eigenvalue weighted by atomic mass is 32.1. The van der Waals surface area contributed by atoms with Crippen LogP contribution in [0.4, 0.5) is 0 Å². The molecule has 2 aromatic rings. The van der Waals surface area contributed by atoms with Gasteiger partial charge in [0.25, 0.3) is 0 Å². The number of rotatable bonds is 4. The van der Waals surface area contributed by atoms with E-state index >= 15 is 0 Å². The fraction of sp³-hybridized carbons (Fsp3) is 0.462. The van der Waals surface area contributed by atoms with Crippen molar-refractivity contribution < 1.29 is 5.11 Å². The summed E-state index contributed by atoms with van der Waals surface area (Å²) < 4.78 is 1.86. The molecule has 1 atom stereocenters. The maximum atomic E-state index is 10.2. The first kappa shape index (κ1) is 12.3. The van der Waals surface area contributed by atoms with Crippen molar-refractivity contribution in [2.24, 2.45) is 7.05 Å². The summed E-state index contributed by atoms with van der Waals surface area (Å²) >= 11 is 1.65. The Kier molecular flexibility index (Phi) is 3.64. The molecular weight excluding hydrogens is 232 g/mol. The van der Waals surface area contributed by atoms with Crippen LogP contribution in [0.5, 0.6) is 0 Å². The molecule has 0 aliphatic rings. The number of hydrogen-bond acceptors (Lipinski definition) is 3. The monoisotopic (exact) mass is 250 g/mol. The van der Waals surface area contributed by atoms with Crippen molar-refractivity contribution in [3.63, 3.8) is 0 Å². The molecule has 3 nitrogen and oxygen atoms in total. The quantitative estimate of drug-likeness (QED) is 0.906. The van der Waals surface area contributed by atoms with Crippen LogP contribution in [0.1, 0.15) is 34.2 Å². The van der Waals surface area contributed by atoms with Gasteiger partial charge in [-0.3, -0.25) is 4.68 Å². The van der Waals surface area contributed by atoms with Crippen molar-refractivity contribution >= 4 is 11.3 Å². The van der Waals surface area contributed by atoms with Crippen LogP contribution < -0.4 is 0 Å². The number of aliphatic hydroxyl groups excluding tert-OH is 1. The Bertz CT molecular complexity index is 501. The second-order valence-electron chi connectivity index (χ2n) is 4.27. The van der Waals surface area contributed by atoms with E-state index < -0.39 is 6.10 Å². The summed E-state index contributed by atoms with van der Waals surface area (Å²) in [6, 6.07) is 6.12. The van der Waals surface area contributed by atoms with Crippen LogP contribution in [0.15, 0.2) is 18.2 Å². The van der Waals surface area contributed by atoms with Crippen LogP contribution in [0, 0.1) is 6.92 Å². The first-order valence-electron chi connectivity index (χ1n) is 5.86. The highest BCUT2D eigenvalue weighted by Gasteiger charge is 2.13. The molecule has 1 N–H and O–H groups in total. The number of aryl methyl sites for hydroxylation is 3. The highest BCUT2D eigenvalue weighted by Crippen LogP contribution is 2.25. The summed E-state index contributed by atoms with van der Waals surface area (Å²) in [6.07, 6.45) is 1.14. The van der Waals surface area contributed by atoms with Gasteiger partial charge in [-0.1, -0.05) is 6.92 Å². The van der Waals surface area contributed by atoms with Crippen LogP contribution >= 0.6 is 11.3 Å². The van der Waals surface area contributed by atoms with E-state index in [-0.39, 0.29) is 0 Å². The third kappa shape index (κ3) is 2.76. The minimum atomic E-state index is -0.422. The van der Waals surface area contributed by atoms with Gasteiger partial charge in [-0.25, -0.2) is 0 Å². The van der Waals surface area contributed by atoms with E-state index in [4.69, 9.17) is 0 Å². The third-order valence-corrected chi connectivity index (χ3v) is 3.98. The Morgan fingerprint density at radius 2 is 2.24 bits per heavy atom. The number of aliphatic hydroxyl groups is 1. The normalized spacial score (nSPS) is 12.9. The molecule has 0 spiro atoms. The number of nitrogens with zero attached hydrogens (tertiary/aromatic N) is 2. The molecule has 0 saturated carbocycles. The Hall–Kier alpha value is -1.13. The van der Waals surface area contributed by atoms with Gasteiger partial charge in [0, 0.05) is 28.9 Å². The summed E-state index contributed by atoms with van der Waals surface area (Å²) in [7, 11) is 1.93. The van der Waals surface area contributed by atoms with Gasteiger partial charge in [0.1, 0.15) is 0 Å². The van der Waals surface area contributed by atoms with E-state index in [1.807, 2.05) is 23.9 Å². The van der Waals surface area contributed by atoms with Crippen molar-refractivity contribution in [1.29, 1.82) is 0 Å². The third-order valence-electron chi connectivity index (χ3n) is 2.88. The van der Waals surface area contributed by atoms with Gasteiger partial charge in [-0.15, -0.1) is 11.3 Å². The first-order valence-corrected chi connectivity index (χ1v) is 6.68. The van der Waals surface area contributed by atoms with Crippen LogP contribution in [0.3, 0.4) is 0 Å². The van der Waals surface area contributed by atoms with Crippen molar-refractivity contribution in [1.82, 2.24) is 9.78 Å². The minimum absolute atomic E-state index is 0.422. The molecule has 0 saturated heterocycles. The van der Waals surface area contributed by atoms with E-state index in [1.165, 1.54) is 4.88 Å². The van der Waals surface area contributed by atoms with E-state index in [9.17, 15) is 5.11 Å². The largest absolute Gasteiger partial charge is 0.387 e. The van der Waals surface area contributed by atoms with Crippen molar-refractivity contribution in [3.05, 3.63) is 39.3 Å². The molecule has 0 radical (unpaired) electrons. The van der Waals surface area contributed by atoms with E-state index in [0.717, 1.165) is 22.7 Å². The molecule has 4 heteroatoms. The van der Waals surface area contributed by atoms with Gasteiger partial charge in [0.05, 0.1) is 11.8 Å². The summed E-state index contributed by atoms with van der Waals surface area (Å²) in [5.74, 6) is 0. The summed E-state index contributed by atoms with van der Waals surface area (Å²) in [6.45, 7) is 4.14. The smallest absolute Gasteiger partial charge is 0.0937 e. The molecule has 92 valence electrons. The SMILES string of the molecule is CCc1cc(CC(O)c2ccc(C)s2)n(C)n1. The molecular formula is C13H18N2OS. The first-order chi connectivity index (χ1) is 8.10. The Morgan fingerprint density at radius 1 is 1.47 bits per heavy atom. The van der Waals surface area contributed by atoms with Crippen molar-refractivity contribution in [2.75, 3.05) is 0 Å². The van der Waals surface area contributed by atoms with Crippen LogP contribution in [0.25, 0.3) is 0 Å². The molecule has 2 aromatic heterocycles. The molecule has 0 amide bonds. The maximum absolute atomic E-state index is 10.2. The van der Waals surface area contributed by atoms with Gasteiger partial charge in [-0.2, -0.15) is 5.10 Å². The van der Waals surface area contributed by atoms with Gasteiger partial charge in [-0.05, 0) is 31.5 Å². The lowest BCUT2D eigenvalue weighted by molar-refractivity contribution is 0.179. The standard InChI is InChI=1S/C13H18N2OS/c1-4-10-7-11(15(3)14-10)8-12(16)13-6-5-9(2)17-13/h5-7,12,16H,4,8H2,1-3H3. The van der Waals surface area contributed by atoms with Crippen LogP contribution in [-0.2, 0) is 19.9 Å². The second kappa shape index (κ2) is 5.02. The molecule has 1 unspecified atom stereocenters. The molecule has 0 aliphatic heterocycles. The Balaban J connectivity index is 2.12. The lowest BCUT2D eigenvalue weighted by atomic mass is 10.1. The molecule has 0 bridgehead atoms. The fourth-order valence-electron chi connectivity index (χ4n) is 1.87. The Labute approximate surface area is 106 Å². The fourth-order valence-corrected chi connectivity index (χ4v) is 2.73. The lowest BCUT2D eigenvalue weighted by Crippen LogP contribution is -2.05. The molecule has 17 heavy (non-hydrogen) atoms. The Morgan fingerprint density at radius 3 is 2.76 bits per heavy atom. The van der Waals surface area contributed by atoms with E-state index in [1.54, 1.807) is 11.3 Å². The predicted molar refractivity (Wildman–Crippen MR) is 70.3 cm³/mol. The van der Waals surface area contributed by atoms with Crippen molar-refractivity contribution in [2.45, 2.75) is 32.8 Å². The number of hydrogen-bond donors (Lipinski definition) is 1. The zero-order valence-corrected chi connectivity index (χ0v) is 11.3. The maximum Gasteiger partial charge on any atom is 0.0937 e. The zero-order chi connectivity index (χ0) is 12.4. The van der Waals surface area contributed by atoms with Gasteiger partial charge in [0.2, 0.25) is 0 Å². The lowest BCUT2D eigenvalue weighted by Gasteiger charge is -2.08. The average Bonchev–Trinajstić information content (AvgIpc) is 2.86. The molecule has 0 aromatic carbocycles. The molecule has 2 rings (SSSR count). The highest BCUT2D eigenvalue weighted by molar-refractivity contribution is 7.12. The second-order valence-corrected chi connectivity index (χ2v) is 5.59.